The maximum atomic E-state index is 4.61. The number of hydrogen-bond donors (Lipinski definition) is 0. The summed E-state index contributed by atoms with van der Waals surface area (Å²) >= 11 is 3.94. The lowest BCUT2D eigenvalue weighted by atomic mass is 9.80. The van der Waals surface area contributed by atoms with Gasteiger partial charge in [0.15, 0.2) is 0 Å². The zero-order valence-electron chi connectivity index (χ0n) is 23.7. The SMILES string of the molecule is C=C1/C(=C(\C=C/C)N(c2ccccc2)c2cc(Br)cc3c2C(C)(C)c2ccc4ccccc4c2-3)Cc2ccccc21. The van der Waals surface area contributed by atoms with Crippen molar-refractivity contribution < 1.29 is 0 Å². The molecule has 0 atom stereocenters. The second-order valence-corrected chi connectivity index (χ2v) is 12.4. The summed E-state index contributed by atoms with van der Waals surface area (Å²) in [4.78, 5) is 2.46. The highest BCUT2D eigenvalue weighted by molar-refractivity contribution is 9.10. The lowest BCUT2D eigenvalue weighted by molar-refractivity contribution is 0.660. The van der Waals surface area contributed by atoms with Gasteiger partial charge in [0.1, 0.15) is 0 Å². The van der Waals surface area contributed by atoms with Crippen molar-refractivity contribution in [2.75, 3.05) is 4.90 Å². The molecule has 0 bridgehead atoms. The molecule has 2 heteroatoms. The molecule has 0 fully saturated rings. The molecule has 0 amide bonds. The molecule has 41 heavy (non-hydrogen) atoms. The van der Waals surface area contributed by atoms with Gasteiger partial charge in [-0.15, -0.1) is 0 Å². The number of fused-ring (bicyclic) bond motifs is 6. The zero-order valence-corrected chi connectivity index (χ0v) is 25.3. The third-order valence-electron chi connectivity index (χ3n) is 8.78. The van der Waals surface area contributed by atoms with Crippen LogP contribution in [0.5, 0.6) is 0 Å². The maximum absolute atomic E-state index is 4.61. The van der Waals surface area contributed by atoms with E-state index in [9.17, 15) is 0 Å². The molecule has 0 saturated carbocycles. The Labute approximate surface area is 251 Å². The van der Waals surface area contributed by atoms with E-state index in [0.717, 1.165) is 27.9 Å². The van der Waals surface area contributed by atoms with E-state index in [2.05, 4.69) is 163 Å². The molecular weight excluding hydrogens is 562 g/mol. The fraction of sp³-hybridized carbons (Fsp3) is 0.128. The molecule has 0 heterocycles. The highest BCUT2D eigenvalue weighted by Gasteiger charge is 2.40. The van der Waals surface area contributed by atoms with Crippen LogP contribution < -0.4 is 4.90 Å². The molecule has 0 aliphatic heterocycles. The minimum Gasteiger partial charge on any atom is -0.310 e. The van der Waals surface area contributed by atoms with Crippen LogP contribution in [0, 0.1) is 0 Å². The number of nitrogens with zero attached hydrogens (tertiary/aromatic N) is 1. The van der Waals surface area contributed by atoms with E-state index in [1.54, 1.807) is 0 Å². The summed E-state index contributed by atoms with van der Waals surface area (Å²) in [6.45, 7) is 11.5. The van der Waals surface area contributed by atoms with Crippen molar-refractivity contribution in [2.24, 2.45) is 0 Å². The van der Waals surface area contributed by atoms with E-state index in [4.69, 9.17) is 0 Å². The first kappa shape index (κ1) is 25.8. The van der Waals surface area contributed by atoms with Gasteiger partial charge in [-0.1, -0.05) is 121 Å². The van der Waals surface area contributed by atoms with Gasteiger partial charge in [0.05, 0.1) is 5.69 Å². The van der Waals surface area contributed by atoms with E-state index in [-0.39, 0.29) is 5.41 Å². The predicted octanol–water partition coefficient (Wildman–Crippen LogP) is 11.1. The van der Waals surface area contributed by atoms with Crippen LogP contribution in [0.4, 0.5) is 11.4 Å². The van der Waals surface area contributed by atoms with Gasteiger partial charge >= 0.3 is 0 Å². The molecule has 2 aliphatic rings. The predicted molar refractivity (Wildman–Crippen MR) is 179 cm³/mol. The van der Waals surface area contributed by atoms with Crippen molar-refractivity contribution >= 4 is 43.7 Å². The Bertz CT molecular complexity index is 1920. The summed E-state index contributed by atoms with van der Waals surface area (Å²) in [6.07, 6.45) is 5.28. The van der Waals surface area contributed by atoms with Gasteiger partial charge in [0.2, 0.25) is 0 Å². The number of hydrogen-bond acceptors (Lipinski definition) is 1. The van der Waals surface area contributed by atoms with Gasteiger partial charge in [-0.3, -0.25) is 0 Å². The van der Waals surface area contributed by atoms with Crippen LogP contribution in [-0.2, 0) is 11.8 Å². The molecule has 1 nitrogen and oxygen atoms in total. The zero-order chi connectivity index (χ0) is 28.3. The summed E-state index contributed by atoms with van der Waals surface area (Å²) in [5, 5.41) is 2.58. The lowest BCUT2D eigenvalue weighted by Gasteiger charge is -2.34. The van der Waals surface area contributed by atoms with Crippen molar-refractivity contribution in [1.29, 1.82) is 0 Å². The molecule has 5 aromatic rings. The number of allylic oxidation sites excluding steroid dienone is 4. The molecule has 200 valence electrons. The number of anilines is 2. The Kier molecular flexibility index (Phi) is 6.14. The van der Waals surface area contributed by atoms with Gasteiger partial charge in [-0.05, 0) is 92.6 Å². The molecule has 2 aliphatic carbocycles. The highest BCUT2D eigenvalue weighted by Crippen LogP contribution is 2.57. The van der Waals surface area contributed by atoms with Crippen LogP contribution in [0.3, 0.4) is 0 Å². The first-order chi connectivity index (χ1) is 19.9. The molecule has 0 unspecified atom stereocenters. The van der Waals surface area contributed by atoms with Crippen molar-refractivity contribution in [3.63, 3.8) is 0 Å². The Morgan fingerprint density at radius 2 is 1.59 bits per heavy atom. The Hall–Kier alpha value is -4.14. The maximum Gasteiger partial charge on any atom is 0.0520 e. The Morgan fingerprint density at radius 1 is 0.854 bits per heavy atom. The van der Waals surface area contributed by atoms with Gasteiger partial charge in [0.25, 0.3) is 0 Å². The molecule has 7 rings (SSSR count). The van der Waals surface area contributed by atoms with E-state index in [1.807, 2.05) is 0 Å². The fourth-order valence-corrected chi connectivity index (χ4v) is 7.41. The lowest BCUT2D eigenvalue weighted by Crippen LogP contribution is -2.24. The van der Waals surface area contributed by atoms with Crippen LogP contribution in [-0.4, -0.2) is 0 Å². The fourth-order valence-electron chi connectivity index (χ4n) is 6.97. The Balaban J connectivity index is 1.56. The average molecular weight is 595 g/mol. The standard InChI is InChI=1S/C39H32BrN/c1-5-13-35(32-22-27-15-10-11-18-30(27)25(32)2)41(29-16-7-6-8-17-29)36-24-28(40)23-33-37-31-19-12-9-14-26(31)20-21-34(37)39(3,4)38(33)36/h5-21,23-24H,2,22H2,1,3-4H3/b13-5-,35-32+. The minimum atomic E-state index is -0.195. The number of para-hydroxylation sites is 1. The molecule has 0 N–H and O–H groups in total. The van der Waals surface area contributed by atoms with Crippen molar-refractivity contribution in [3.05, 3.63) is 160 Å². The normalized spacial score (nSPS) is 16.1. The summed E-state index contributed by atoms with van der Waals surface area (Å²) in [7, 11) is 0. The topological polar surface area (TPSA) is 3.24 Å². The van der Waals surface area contributed by atoms with E-state index in [0.29, 0.717) is 0 Å². The van der Waals surface area contributed by atoms with E-state index in [1.165, 1.54) is 55.4 Å². The third kappa shape index (κ3) is 3.96. The summed E-state index contributed by atoms with van der Waals surface area (Å²) < 4.78 is 1.07. The molecular formula is C39H32BrN. The molecule has 0 radical (unpaired) electrons. The number of halogens is 1. The highest BCUT2D eigenvalue weighted by atomic mass is 79.9. The van der Waals surface area contributed by atoms with Crippen LogP contribution >= 0.6 is 15.9 Å². The molecule has 0 spiro atoms. The first-order valence-electron chi connectivity index (χ1n) is 14.3. The van der Waals surface area contributed by atoms with Crippen LogP contribution in [0.1, 0.15) is 43.0 Å². The van der Waals surface area contributed by atoms with E-state index < -0.39 is 0 Å². The minimum absolute atomic E-state index is 0.195. The average Bonchev–Trinajstić information content (AvgIpc) is 3.44. The van der Waals surface area contributed by atoms with Gasteiger partial charge in [0, 0.05) is 27.7 Å². The van der Waals surface area contributed by atoms with Crippen molar-refractivity contribution in [1.82, 2.24) is 0 Å². The van der Waals surface area contributed by atoms with Crippen LogP contribution in [0.2, 0.25) is 0 Å². The molecule has 0 aromatic heterocycles. The summed E-state index contributed by atoms with van der Waals surface area (Å²) in [6, 6.07) is 37.4. The number of benzene rings is 5. The molecule has 0 saturated heterocycles. The third-order valence-corrected chi connectivity index (χ3v) is 9.24. The number of rotatable bonds is 4. The monoisotopic (exact) mass is 593 g/mol. The van der Waals surface area contributed by atoms with Crippen LogP contribution in [0.15, 0.2) is 138 Å². The summed E-state index contributed by atoms with van der Waals surface area (Å²) in [5.41, 5.74) is 13.6. The second kappa shape index (κ2) is 9.75. The van der Waals surface area contributed by atoms with Crippen molar-refractivity contribution in [2.45, 2.75) is 32.6 Å². The quantitative estimate of drug-likeness (QED) is 0.200. The van der Waals surface area contributed by atoms with E-state index >= 15 is 0 Å². The molecule has 5 aromatic carbocycles. The largest absolute Gasteiger partial charge is 0.310 e. The summed E-state index contributed by atoms with van der Waals surface area (Å²) in [5.74, 6) is 0. The van der Waals surface area contributed by atoms with Gasteiger partial charge in [-0.25, -0.2) is 0 Å². The smallest absolute Gasteiger partial charge is 0.0520 e. The second-order valence-electron chi connectivity index (χ2n) is 11.5. The Morgan fingerprint density at radius 3 is 2.37 bits per heavy atom. The van der Waals surface area contributed by atoms with Gasteiger partial charge < -0.3 is 4.90 Å². The van der Waals surface area contributed by atoms with Crippen molar-refractivity contribution in [3.8, 4) is 11.1 Å². The van der Waals surface area contributed by atoms with Crippen LogP contribution in [0.25, 0.3) is 27.5 Å². The first-order valence-corrected chi connectivity index (χ1v) is 15.0. The van der Waals surface area contributed by atoms with Gasteiger partial charge in [-0.2, -0.15) is 0 Å².